The van der Waals surface area contributed by atoms with E-state index in [0.29, 0.717) is 0 Å². The second-order valence-corrected chi connectivity index (χ2v) is 4.95. The number of aliphatic hydroxyl groups is 2. The van der Waals surface area contributed by atoms with Gasteiger partial charge in [-0.3, -0.25) is 0 Å². The van der Waals surface area contributed by atoms with Gasteiger partial charge < -0.3 is 10.2 Å². The van der Waals surface area contributed by atoms with Gasteiger partial charge >= 0.3 is 0 Å². The minimum atomic E-state index is 1.00. The first kappa shape index (κ1) is 20.2. The van der Waals surface area contributed by atoms with Crippen molar-refractivity contribution in [2.24, 2.45) is 0 Å². The molecule has 0 amide bonds. The lowest BCUT2D eigenvalue weighted by atomic mass is 10.0. The van der Waals surface area contributed by atoms with Crippen LogP contribution in [0.5, 0.6) is 0 Å². The van der Waals surface area contributed by atoms with Crippen LogP contribution in [0.3, 0.4) is 0 Å². The standard InChI is InChI=1S/C14H28.2CH4O/c1-2-4-6-8-10-12-14-13-11-9-7-5-3-1;2*1-2/h1-14H2;2*2H,1H3. The third-order valence-corrected chi connectivity index (χ3v) is 3.50. The lowest BCUT2D eigenvalue weighted by Crippen LogP contribution is -1.85. The maximum atomic E-state index is 7.00. The Bertz CT molecular complexity index is 62.4. The SMILES string of the molecule is C1CCCCCCCCCCCCC1.CO.CO. The van der Waals surface area contributed by atoms with Gasteiger partial charge in [-0.05, 0) is 0 Å². The zero-order chi connectivity index (χ0) is 13.9. The first-order valence-electron chi connectivity index (χ1n) is 7.89. The third-order valence-electron chi connectivity index (χ3n) is 3.50. The fourth-order valence-corrected chi connectivity index (χ4v) is 2.47. The van der Waals surface area contributed by atoms with Crippen molar-refractivity contribution in [3.8, 4) is 0 Å². The Balaban J connectivity index is 0. The molecule has 0 atom stereocenters. The molecule has 112 valence electrons. The summed E-state index contributed by atoms with van der Waals surface area (Å²) in [7, 11) is 2.00. The van der Waals surface area contributed by atoms with Crippen LogP contribution in [0.4, 0.5) is 0 Å². The Labute approximate surface area is 115 Å². The summed E-state index contributed by atoms with van der Waals surface area (Å²) in [5.74, 6) is 0. The molecule has 0 radical (unpaired) electrons. The molecule has 18 heavy (non-hydrogen) atoms. The molecule has 0 aliphatic heterocycles. The summed E-state index contributed by atoms with van der Waals surface area (Å²) in [5, 5.41) is 14.0. The van der Waals surface area contributed by atoms with Gasteiger partial charge in [-0.15, -0.1) is 0 Å². The number of aliphatic hydroxyl groups excluding tert-OH is 2. The van der Waals surface area contributed by atoms with Crippen molar-refractivity contribution >= 4 is 0 Å². The van der Waals surface area contributed by atoms with Gasteiger partial charge in [-0.25, -0.2) is 0 Å². The molecule has 2 heteroatoms. The van der Waals surface area contributed by atoms with Gasteiger partial charge in [0, 0.05) is 14.2 Å². The topological polar surface area (TPSA) is 40.5 Å². The van der Waals surface area contributed by atoms with E-state index in [9.17, 15) is 0 Å². The Kier molecular flexibility index (Phi) is 24.9. The molecule has 0 unspecified atom stereocenters. The van der Waals surface area contributed by atoms with Gasteiger partial charge in [-0.1, -0.05) is 89.9 Å². The fraction of sp³-hybridized carbons (Fsp3) is 1.00. The van der Waals surface area contributed by atoms with Crippen LogP contribution in [-0.4, -0.2) is 24.4 Å². The van der Waals surface area contributed by atoms with E-state index in [-0.39, 0.29) is 0 Å². The van der Waals surface area contributed by atoms with Gasteiger partial charge in [0.25, 0.3) is 0 Å². The molecule has 1 saturated carbocycles. The Morgan fingerprint density at radius 1 is 0.278 bits per heavy atom. The molecule has 0 bridgehead atoms. The second-order valence-electron chi connectivity index (χ2n) is 4.95. The molecule has 0 spiro atoms. The maximum absolute atomic E-state index is 7.00. The van der Waals surface area contributed by atoms with Crippen LogP contribution in [-0.2, 0) is 0 Å². The van der Waals surface area contributed by atoms with Gasteiger partial charge in [0.1, 0.15) is 0 Å². The van der Waals surface area contributed by atoms with Crippen LogP contribution in [0.15, 0.2) is 0 Å². The number of hydrogen-bond acceptors (Lipinski definition) is 2. The molecule has 1 aliphatic rings. The predicted octanol–water partition coefficient (Wildman–Crippen LogP) is 4.68. The van der Waals surface area contributed by atoms with Crippen molar-refractivity contribution in [2.45, 2.75) is 89.9 Å². The third kappa shape index (κ3) is 18.3. The lowest BCUT2D eigenvalue weighted by Gasteiger charge is -2.05. The highest BCUT2D eigenvalue weighted by molar-refractivity contribution is 4.51. The summed E-state index contributed by atoms with van der Waals surface area (Å²) in [6.45, 7) is 0. The molecular weight excluding hydrogens is 224 g/mol. The Morgan fingerprint density at radius 3 is 0.389 bits per heavy atom. The van der Waals surface area contributed by atoms with E-state index in [1.807, 2.05) is 0 Å². The van der Waals surface area contributed by atoms with Crippen molar-refractivity contribution < 1.29 is 10.2 Å². The quantitative estimate of drug-likeness (QED) is 0.664. The molecular formula is C16H36O2. The van der Waals surface area contributed by atoms with Gasteiger partial charge in [0.15, 0.2) is 0 Å². The maximum Gasteiger partial charge on any atom is 0.0319 e. The average Bonchev–Trinajstić information content (AvgIpc) is 2.46. The van der Waals surface area contributed by atoms with Crippen LogP contribution >= 0.6 is 0 Å². The second kappa shape index (κ2) is 22.1. The van der Waals surface area contributed by atoms with Crippen molar-refractivity contribution in [3.63, 3.8) is 0 Å². The van der Waals surface area contributed by atoms with Crippen LogP contribution in [0.1, 0.15) is 89.9 Å². The smallest absolute Gasteiger partial charge is 0.0319 e. The van der Waals surface area contributed by atoms with Crippen molar-refractivity contribution in [1.82, 2.24) is 0 Å². The van der Waals surface area contributed by atoms with Gasteiger partial charge in [0.05, 0.1) is 0 Å². The first-order chi connectivity index (χ1) is 9.00. The summed E-state index contributed by atoms with van der Waals surface area (Å²) in [6.07, 6.45) is 21.0. The largest absolute Gasteiger partial charge is 0.400 e. The molecule has 1 aliphatic carbocycles. The highest BCUT2D eigenvalue weighted by Crippen LogP contribution is 2.16. The predicted molar refractivity (Wildman–Crippen MR) is 80.9 cm³/mol. The molecule has 0 aromatic carbocycles. The van der Waals surface area contributed by atoms with Crippen LogP contribution in [0, 0.1) is 0 Å². The summed E-state index contributed by atoms with van der Waals surface area (Å²) >= 11 is 0. The minimum absolute atomic E-state index is 1.00. The molecule has 0 aromatic heterocycles. The number of hydrogen-bond donors (Lipinski definition) is 2. The zero-order valence-corrected chi connectivity index (χ0v) is 12.8. The zero-order valence-electron chi connectivity index (χ0n) is 12.8. The first-order valence-corrected chi connectivity index (χ1v) is 7.89. The Hall–Kier alpha value is -0.0800. The van der Waals surface area contributed by atoms with Crippen molar-refractivity contribution in [3.05, 3.63) is 0 Å². The van der Waals surface area contributed by atoms with Gasteiger partial charge in [-0.2, -0.15) is 0 Å². The van der Waals surface area contributed by atoms with Crippen molar-refractivity contribution in [1.29, 1.82) is 0 Å². The van der Waals surface area contributed by atoms with Gasteiger partial charge in [0.2, 0.25) is 0 Å². The Morgan fingerprint density at radius 2 is 0.333 bits per heavy atom. The summed E-state index contributed by atoms with van der Waals surface area (Å²) in [5.41, 5.74) is 0. The van der Waals surface area contributed by atoms with E-state index in [1.54, 1.807) is 0 Å². The summed E-state index contributed by atoms with van der Waals surface area (Å²) in [4.78, 5) is 0. The highest BCUT2D eigenvalue weighted by Gasteiger charge is 1.96. The fourth-order valence-electron chi connectivity index (χ4n) is 2.47. The van der Waals surface area contributed by atoms with Crippen LogP contribution in [0.25, 0.3) is 0 Å². The average molecular weight is 260 g/mol. The monoisotopic (exact) mass is 260 g/mol. The molecule has 0 heterocycles. The van der Waals surface area contributed by atoms with E-state index in [1.165, 1.54) is 89.9 Å². The normalized spacial score (nSPS) is 19.3. The molecule has 0 aromatic rings. The molecule has 0 saturated heterocycles. The molecule has 2 nitrogen and oxygen atoms in total. The van der Waals surface area contributed by atoms with E-state index in [4.69, 9.17) is 10.2 Å². The summed E-state index contributed by atoms with van der Waals surface area (Å²) in [6, 6.07) is 0. The highest BCUT2D eigenvalue weighted by atomic mass is 16.2. The summed E-state index contributed by atoms with van der Waals surface area (Å²) < 4.78 is 0. The van der Waals surface area contributed by atoms with E-state index < -0.39 is 0 Å². The minimum Gasteiger partial charge on any atom is -0.400 e. The molecule has 1 fully saturated rings. The van der Waals surface area contributed by atoms with E-state index in [0.717, 1.165) is 14.2 Å². The number of rotatable bonds is 0. The lowest BCUT2D eigenvalue weighted by molar-refractivity contribution is 0.399. The molecule has 1 rings (SSSR count). The van der Waals surface area contributed by atoms with E-state index >= 15 is 0 Å². The van der Waals surface area contributed by atoms with Crippen LogP contribution in [0.2, 0.25) is 0 Å². The van der Waals surface area contributed by atoms with Crippen molar-refractivity contribution in [2.75, 3.05) is 14.2 Å². The molecule has 2 N–H and O–H groups in total. The van der Waals surface area contributed by atoms with Crippen LogP contribution < -0.4 is 0 Å². The van der Waals surface area contributed by atoms with E-state index in [2.05, 4.69) is 0 Å².